The van der Waals surface area contributed by atoms with E-state index in [1.54, 1.807) is 0 Å². The van der Waals surface area contributed by atoms with E-state index in [4.69, 9.17) is 9.47 Å². The summed E-state index contributed by atoms with van der Waals surface area (Å²) in [6.45, 7) is 1.90. The molecule has 116 valence electrons. The number of ether oxygens (including phenoxy) is 2. The normalized spacial score (nSPS) is 10.5. The number of halogens is 1. The van der Waals surface area contributed by atoms with Crippen LogP contribution in [0.4, 0.5) is 0 Å². The van der Waals surface area contributed by atoms with Crippen LogP contribution < -0.4 is 9.47 Å². The van der Waals surface area contributed by atoms with Gasteiger partial charge in [0.05, 0.1) is 4.47 Å². The zero-order chi connectivity index (χ0) is 16.2. The number of hydrogen-bond donors (Lipinski definition) is 0. The Morgan fingerprint density at radius 1 is 1.00 bits per heavy atom. The molecular formula is C19H15BrO3. The maximum atomic E-state index is 11.2. The van der Waals surface area contributed by atoms with Crippen LogP contribution in [-0.2, 0) is 11.4 Å². The maximum Gasteiger partial charge on any atom is 0.308 e. The van der Waals surface area contributed by atoms with Crippen LogP contribution in [0.15, 0.2) is 65.1 Å². The van der Waals surface area contributed by atoms with Crippen molar-refractivity contribution in [1.29, 1.82) is 0 Å². The summed E-state index contributed by atoms with van der Waals surface area (Å²) in [6, 6.07) is 19.6. The summed E-state index contributed by atoms with van der Waals surface area (Å²) in [5.74, 6) is 0.934. The molecule has 0 heterocycles. The van der Waals surface area contributed by atoms with Crippen LogP contribution in [0.2, 0.25) is 0 Å². The summed E-state index contributed by atoms with van der Waals surface area (Å²) in [5.41, 5.74) is 1.11. The van der Waals surface area contributed by atoms with Crippen molar-refractivity contribution >= 4 is 32.7 Å². The number of esters is 1. The van der Waals surface area contributed by atoms with Crippen molar-refractivity contribution in [3.05, 3.63) is 70.7 Å². The monoisotopic (exact) mass is 370 g/mol. The van der Waals surface area contributed by atoms with Crippen molar-refractivity contribution in [2.75, 3.05) is 0 Å². The summed E-state index contributed by atoms with van der Waals surface area (Å²) in [5, 5.41) is 2.00. The highest BCUT2D eigenvalue weighted by Gasteiger charge is 2.07. The number of rotatable bonds is 4. The largest absolute Gasteiger partial charge is 0.489 e. The molecule has 0 atom stereocenters. The van der Waals surface area contributed by atoms with E-state index in [0.29, 0.717) is 12.4 Å². The molecule has 0 amide bonds. The lowest BCUT2D eigenvalue weighted by atomic mass is 10.1. The molecule has 0 saturated heterocycles. The molecule has 0 bridgehead atoms. The second-order valence-electron chi connectivity index (χ2n) is 5.16. The molecule has 3 aromatic rings. The van der Waals surface area contributed by atoms with Crippen LogP contribution >= 0.6 is 15.9 Å². The lowest BCUT2D eigenvalue weighted by molar-refractivity contribution is -0.131. The van der Waals surface area contributed by atoms with E-state index >= 15 is 0 Å². The van der Waals surface area contributed by atoms with Crippen molar-refractivity contribution in [3.8, 4) is 11.5 Å². The molecule has 0 radical (unpaired) electrons. The Bertz CT molecular complexity index is 844. The quantitative estimate of drug-likeness (QED) is 0.473. The Morgan fingerprint density at radius 2 is 1.78 bits per heavy atom. The Labute approximate surface area is 143 Å². The maximum absolute atomic E-state index is 11.2. The van der Waals surface area contributed by atoms with Crippen LogP contribution in [-0.4, -0.2) is 5.97 Å². The number of hydrogen-bond acceptors (Lipinski definition) is 3. The molecule has 0 saturated carbocycles. The molecule has 23 heavy (non-hydrogen) atoms. The van der Waals surface area contributed by atoms with Crippen LogP contribution in [0.3, 0.4) is 0 Å². The van der Waals surface area contributed by atoms with Gasteiger partial charge in [-0.25, -0.2) is 0 Å². The molecule has 3 rings (SSSR count). The standard InChI is InChI=1S/C19H15BrO3/c1-13(21)23-19-11-16-9-17(8-7-15(16)10-18(19)20)22-12-14-5-3-2-4-6-14/h2-11H,12H2,1H3. The highest BCUT2D eigenvalue weighted by atomic mass is 79.9. The zero-order valence-corrected chi connectivity index (χ0v) is 14.2. The van der Waals surface area contributed by atoms with Gasteiger partial charge >= 0.3 is 5.97 Å². The molecular weight excluding hydrogens is 356 g/mol. The van der Waals surface area contributed by atoms with Crippen LogP contribution in [0.5, 0.6) is 11.5 Å². The Balaban J connectivity index is 1.85. The van der Waals surface area contributed by atoms with Gasteiger partial charge in [0, 0.05) is 6.92 Å². The van der Waals surface area contributed by atoms with E-state index in [1.165, 1.54) is 6.92 Å². The van der Waals surface area contributed by atoms with Crippen molar-refractivity contribution in [1.82, 2.24) is 0 Å². The average Bonchev–Trinajstić information content (AvgIpc) is 2.54. The first kappa shape index (κ1) is 15.6. The van der Waals surface area contributed by atoms with Gasteiger partial charge in [-0.3, -0.25) is 4.79 Å². The molecule has 0 aliphatic heterocycles. The molecule has 3 nitrogen and oxygen atoms in total. The summed E-state index contributed by atoms with van der Waals surface area (Å²) in [4.78, 5) is 11.2. The first-order chi connectivity index (χ1) is 11.1. The number of carbonyl (C=O) groups excluding carboxylic acids is 1. The minimum atomic E-state index is -0.346. The fraction of sp³-hybridized carbons (Fsp3) is 0.105. The lowest BCUT2D eigenvalue weighted by Crippen LogP contribution is -2.01. The van der Waals surface area contributed by atoms with E-state index < -0.39 is 0 Å². The molecule has 0 spiro atoms. The number of fused-ring (bicyclic) bond motifs is 1. The third-order valence-corrected chi connectivity index (χ3v) is 3.98. The summed E-state index contributed by atoms with van der Waals surface area (Å²) in [6.07, 6.45) is 0. The van der Waals surface area contributed by atoms with Crippen molar-refractivity contribution in [2.24, 2.45) is 0 Å². The Kier molecular flexibility index (Phi) is 4.63. The third kappa shape index (κ3) is 3.90. The molecule has 0 aliphatic carbocycles. The molecule has 0 N–H and O–H groups in total. The minimum absolute atomic E-state index is 0.346. The molecule has 0 unspecified atom stereocenters. The van der Waals surface area contributed by atoms with E-state index in [-0.39, 0.29) is 5.97 Å². The van der Waals surface area contributed by atoms with Crippen LogP contribution in [0, 0.1) is 0 Å². The minimum Gasteiger partial charge on any atom is -0.489 e. The predicted octanol–water partition coefficient (Wildman–Crippen LogP) is 5.11. The van der Waals surface area contributed by atoms with Crippen LogP contribution in [0.25, 0.3) is 10.8 Å². The molecule has 0 fully saturated rings. The van der Waals surface area contributed by atoms with E-state index in [0.717, 1.165) is 26.6 Å². The molecule has 0 aliphatic rings. The lowest BCUT2D eigenvalue weighted by Gasteiger charge is -2.10. The van der Waals surface area contributed by atoms with E-state index in [9.17, 15) is 4.79 Å². The van der Waals surface area contributed by atoms with Gasteiger partial charge in [0.15, 0.2) is 0 Å². The van der Waals surface area contributed by atoms with Crippen molar-refractivity contribution in [3.63, 3.8) is 0 Å². The predicted molar refractivity (Wildman–Crippen MR) is 93.7 cm³/mol. The second-order valence-corrected chi connectivity index (χ2v) is 6.01. The van der Waals surface area contributed by atoms with Crippen molar-refractivity contribution < 1.29 is 14.3 Å². The Morgan fingerprint density at radius 3 is 2.52 bits per heavy atom. The van der Waals surface area contributed by atoms with Gasteiger partial charge in [0.2, 0.25) is 0 Å². The average molecular weight is 371 g/mol. The summed E-state index contributed by atoms with van der Waals surface area (Å²) in [7, 11) is 0. The smallest absolute Gasteiger partial charge is 0.308 e. The fourth-order valence-corrected chi connectivity index (χ4v) is 2.73. The highest BCUT2D eigenvalue weighted by Crippen LogP contribution is 2.32. The topological polar surface area (TPSA) is 35.5 Å². The van der Waals surface area contributed by atoms with Crippen molar-refractivity contribution in [2.45, 2.75) is 13.5 Å². The SMILES string of the molecule is CC(=O)Oc1cc2cc(OCc3ccccc3)ccc2cc1Br. The fourth-order valence-electron chi connectivity index (χ4n) is 2.29. The third-order valence-electron chi connectivity index (χ3n) is 3.36. The van der Waals surface area contributed by atoms with E-state index in [1.807, 2.05) is 60.7 Å². The Hall–Kier alpha value is -2.33. The summed E-state index contributed by atoms with van der Waals surface area (Å²) >= 11 is 3.42. The molecule has 4 heteroatoms. The van der Waals surface area contributed by atoms with Gasteiger partial charge in [-0.15, -0.1) is 0 Å². The second kappa shape index (κ2) is 6.84. The van der Waals surface area contributed by atoms with E-state index in [2.05, 4.69) is 15.9 Å². The molecule has 3 aromatic carbocycles. The molecule has 0 aromatic heterocycles. The first-order valence-electron chi connectivity index (χ1n) is 7.20. The first-order valence-corrected chi connectivity index (χ1v) is 7.99. The zero-order valence-electron chi connectivity index (χ0n) is 12.6. The van der Waals surface area contributed by atoms with Gasteiger partial charge < -0.3 is 9.47 Å². The van der Waals surface area contributed by atoms with Crippen LogP contribution in [0.1, 0.15) is 12.5 Å². The van der Waals surface area contributed by atoms with Gasteiger partial charge in [-0.2, -0.15) is 0 Å². The van der Waals surface area contributed by atoms with Gasteiger partial charge in [-0.05, 0) is 56.5 Å². The van der Waals surface area contributed by atoms with Gasteiger partial charge in [0.25, 0.3) is 0 Å². The number of benzene rings is 3. The number of carbonyl (C=O) groups is 1. The summed E-state index contributed by atoms with van der Waals surface area (Å²) < 4.78 is 11.8. The highest BCUT2D eigenvalue weighted by molar-refractivity contribution is 9.10. The van der Waals surface area contributed by atoms with Gasteiger partial charge in [0.1, 0.15) is 18.1 Å². The van der Waals surface area contributed by atoms with Gasteiger partial charge in [-0.1, -0.05) is 36.4 Å².